The molecular formula is C15H20FNO3S. The molecule has 0 saturated heterocycles. The topological polar surface area (TPSA) is 66.4 Å². The molecule has 0 aliphatic carbocycles. The Morgan fingerprint density at radius 2 is 2.00 bits per heavy atom. The maximum absolute atomic E-state index is 12.7. The van der Waals surface area contributed by atoms with E-state index in [9.17, 15) is 14.0 Å². The number of halogens is 1. The van der Waals surface area contributed by atoms with Crippen molar-refractivity contribution in [2.75, 3.05) is 5.75 Å². The van der Waals surface area contributed by atoms with Crippen molar-refractivity contribution in [2.24, 2.45) is 0 Å². The van der Waals surface area contributed by atoms with Gasteiger partial charge in [-0.2, -0.15) is 0 Å². The number of carbonyl (C=O) groups excluding carboxylic acids is 1. The monoisotopic (exact) mass is 313 g/mol. The molecular weight excluding hydrogens is 293 g/mol. The third kappa shape index (κ3) is 7.13. The van der Waals surface area contributed by atoms with E-state index in [4.69, 9.17) is 5.11 Å². The number of carboxylic acids is 1. The third-order valence-corrected chi connectivity index (χ3v) is 3.90. The van der Waals surface area contributed by atoms with Gasteiger partial charge in [-0.15, -0.1) is 11.8 Å². The zero-order valence-corrected chi connectivity index (χ0v) is 12.8. The summed E-state index contributed by atoms with van der Waals surface area (Å²) in [6.07, 6.45) is 2.34. The lowest BCUT2D eigenvalue weighted by atomic mass is 10.1. The molecule has 2 N–H and O–H groups in total. The van der Waals surface area contributed by atoms with Gasteiger partial charge in [-0.3, -0.25) is 4.79 Å². The zero-order chi connectivity index (χ0) is 15.7. The number of hydrogen-bond acceptors (Lipinski definition) is 3. The normalized spacial score (nSPS) is 11.9. The van der Waals surface area contributed by atoms with Crippen molar-refractivity contribution >= 4 is 23.6 Å². The highest BCUT2D eigenvalue weighted by Crippen LogP contribution is 2.18. The van der Waals surface area contributed by atoms with Crippen LogP contribution in [0.25, 0.3) is 0 Å². The van der Waals surface area contributed by atoms with Crippen LogP contribution in [0.15, 0.2) is 29.2 Å². The first-order chi connectivity index (χ1) is 10.0. The van der Waals surface area contributed by atoms with Crippen LogP contribution in [0.1, 0.15) is 32.6 Å². The van der Waals surface area contributed by atoms with Gasteiger partial charge in [0.2, 0.25) is 5.91 Å². The summed E-state index contributed by atoms with van der Waals surface area (Å²) in [5.41, 5.74) is 0. The average Bonchev–Trinajstić information content (AvgIpc) is 2.45. The summed E-state index contributed by atoms with van der Waals surface area (Å²) in [5.74, 6) is -1.04. The number of carboxylic acid groups (broad SMARTS) is 1. The molecule has 0 aromatic heterocycles. The Balaban J connectivity index is 2.32. The van der Waals surface area contributed by atoms with E-state index in [1.54, 1.807) is 12.1 Å². The molecule has 0 bridgehead atoms. The van der Waals surface area contributed by atoms with Crippen molar-refractivity contribution < 1.29 is 19.1 Å². The SMILES string of the molecule is CCCCC(NC(=O)CCSc1ccc(F)cc1)C(=O)O. The molecule has 0 heterocycles. The van der Waals surface area contributed by atoms with Gasteiger partial charge in [0.1, 0.15) is 11.9 Å². The first-order valence-corrected chi connectivity index (χ1v) is 7.92. The molecule has 1 rings (SSSR count). The second-order valence-corrected chi connectivity index (χ2v) is 5.82. The van der Waals surface area contributed by atoms with Crippen LogP contribution in [0.2, 0.25) is 0 Å². The van der Waals surface area contributed by atoms with Gasteiger partial charge in [0.05, 0.1) is 0 Å². The fraction of sp³-hybridized carbons (Fsp3) is 0.467. The van der Waals surface area contributed by atoms with Gasteiger partial charge >= 0.3 is 5.97 Å². The molecule has 0 fully saturated rings. The van der Waals surface area contributed by atoms with E-state index in [2.05, 4.69) is 5.32 Å². The number of benzene rings is 1. The number of aliphatic carboxylic acids is 1. The maximum Gasteiger partial charge on any atom is 0.326 e. The lowest BCUT2D eigenvalue weighted by Gasteiger charge is -2.13. The predicted molar refractivity (Wildman–Crippen MR) is 80.8 cm³/mol. The number of unbranched alkanes of at least 4 members (excludes halogenated alkanes) is 1. The quantitative estimate of drug-likeness (QED) is 0.688. The van der Waals surface area contributed by atoms with E-state index in [0.29, 0.717) is 12.2 Å². The van der Waals surface area contributed by atoms with E-state index in [0.717, 1.165) is 17.7 Å². The summed E-state index contributed by atoms with van der Waals surface area (Å²) in [6.45, 7) is 1.97. The molecule has 1 amide bonds. The Kier molecular flexibility index (Phi) is 7.82. The van der Waals surface area contributed by atoms with Gasteiger partial charge in [-0.25, -0.2) is 9.18 Å². The minimum absolute atomic E-state index is 0.234. The van der Waals surface area contributed by atoms with Crippen LogP contribution < -0.4 is 5.32 Å². The average molecular weight is 313 g/mol. The van der Waals surface area contributed by atoms with Crippen LogP contribution in [0.5, 0.6) is 0 Å². The lowest BCUT2D eigenvalue weighted by Crippen LogP contribution is -2.40. The number of rotatable bonds is 9. The molecule has 0 radical (unpaired) electrons. The molecule has 116 valence electrons. The highest BCUT2D eigenvalue weighted by atomic mass is 32.2. The largest absolute Gasteiger partial charge is 0.480 e. The smallest absolute Gasteiger partial charge is 0.326 e. The van der Waals surface area contributed by atoms with E-state index in [-0.39, 0.29) is 18.1 Å². The molecule has 0 saturated carbocycles. The maximum atomic E-state index is 12.7. The molecule has 1 unspecified atom stereocenters. The first kappa shape index (κ1) is 17.5. The Morgan fingerprint density at radius 3 is 2.57 bits per heavy atom. The van der Waals surface area contributed by atoms with Crippen molar-refractivity contribution in [1.82, 2.24) is 5.32 Å². The Bertz CT molecular complexity index is 464. The van der Waals surface area contributed by atoms with Gasteiger partial charge in [-0.1, -0.05) is 19.8 Å². The van der Waals surface area contributed by atoms with Gasteiger partial charge in [0.25, 0.3) is 0 Å². The van der Waals surface area contributed by atoms with Crippen LogP contribution in [0.3, 0.4) is 0 Å². The highest BCUT2D eigenvalue weighted by molar-refractivity contribution is 7.99. The summed E-state index contributed by atoms with van der Waals surface area (Å²) in [5, 5.41) is 11.6. The van der Waals surface area contributed by atoms with Crippen molar-refractivity contribution in [3.8, 4) is 0 Å². The summed E-state index contributed by atoms with van der Waals surface area (Å²) in [7, 11) is 0. The molecule has 0 aliphatic heterocycles. The first-order valence-electron chi connectivity index (χ1n) is 6.93. The number of hydrogen-bond donors (Lipinski definition) is 2. The zero-order valence-electron chi connectivity index (χ0n) is 12.0. The molecule has 6 heteroatoms. The molecule has 0 spiro atoms. The summed E-state index contributed by atoms with van der Waals surface area (Å²) in [4.78, 5) is 23.6. The molecule has 1 aromatic rings. The third-order valence-electron chi connectivity index (χ3n) is 2.89. The molecule has 4 nitrogen and oxygen atoms in total. The lowest BCUT2D eigenvalue weighted by molar-refractivity contribution is -0.142. The predicted octanol–water partition coefficient (Wildman–Crippen LogP) is 3.07. The van der Waals surface area contributed by atoms with E-state index >= 15 is 0 Å². The Hall–Kier alpha value is -1.56. The number of thioether (sulfide) groups is 1. The Morgan fingerprint density at radius 1 is 1.33 bits per heavy atom. The van der Waals surface area contributed by atoms with Crippen molar-refractivity contribution in [2.45, 2.75) is 43.5 Å². The van der Waals surface area contributed by atoms with Crippen molar-refractivity contribution in [3.63, 3.8) is 0 Å². The second-order valence-electron chi connectivity index (χ2n) is 4.65. The van der Waals surface area contributed by atoms with Crippen LogP contribution in [0, 0.1) is 5.82 Å². The number of carbonyl (C=O) groups is 2. The van der Waals surface area contributed by atoms with E-state index in [1.165, 1.54) is 23.9 Å². The van der Waals surface area contributed by atoms with Crippen LogP contribution >= 0.6 is 11.8 Å². The summed E-state index contributed by atoms with van der Waals surface area (Å²) < 4.78 is 12.7. The fourth-order valence-corrected chi connectivity index (χ4v) is 2.58. The highest BCUT2D eigenvalue weighted by Gasteiger charge is 2.18. The standard InChI is InChI=1S/C15H20FNO3S/c1-2-3-4-13(15(19)20)17-14(18)9-10-21-12-7-5-11(16)6-8-12/h5-8,13H,2-4,9-10H2,1H3,(H,17,18)(H,19,20). The van der Waals surface area contributed by atoms with Crippen LogP contribution in [-0.4, -0.2) is 28.8 Å². The summed E-state index contributed by atoms with van der Waals surface area (Å²) in [6, 6.07) is 5.23. The number of amides is 1. The summed E-state index contributed by atoms with van der Waals surface area (Å²) >= 11 is 1.44. The van der Waals surface area contributed by atoms with Crippen LogP contribution in [0.4, 0.5) is 4.39 Å². The van der Waals surface area contributed by atoms with Crippen LogP contribution in [-0.2, 0) is 9.59 Å². The fourth-order valence-electron chi connectivity index (χ4n) is 1.72. The van der Waals surface area contributed by atoms with Gasteiger partial charge in [0.15, 0.2) is 0 Å². The van der Waals surface area contributed by atoms with Crippen molar-refractivity contribution in [3.05, 3.63) is 30.1 Å². The minimum Gasteiger partial charge on any atom is -0.480 e. The van der Waals surface area contributed by atoms with E-state index < -0.39 is 12.0 Å². The number of nitrogens with one attached hydrogen (secondary N) is 1. The molecule has 1 atom stereocenters. The minimum atomic E-state index is -0.997. The molecule has 0 aliphatic rings. The molecule has 1 aromatic carbocycles. The second kappa shape index (κ2) is 9.39. The van der Waals surface area contributed by atoms with E-state index in [1.807, 2.05) is 6.92 Å². The van der Waals surface area contributed by atoms with Gasteiger partial charge in [-0.05, 0) is 30.7 Å². The Labute approximate surface area is 128 Å². The van der Waals surface area contributed by atoms with Crippen molar-refractivity contribution in [1.29, 1.82) is 0 Å². The van der Waals surface area contributed by atoms with Gasteiger partial charge < -0.3 is 10.4 Å². The molecule has 21 heavy (non-hydrogen) atoms. The van der Waals surface area contributed by atoms with Gasteiger partial charge in [0, 0.05) is 17.1 Å².